The molecule has 0 spiro atoms. The third kappa shape index (κ3) is 5.25. The third-order valence-electron chi connectivity index (χ3n) is 4.14. The maximum atomic E-state index is 6.09. The van der Waals surface area contributed by atoms with Crippen molar-refractivity contribution in [1.29, 1.82) is 0 Å². The average molecular weight is 438 g/mol. The van der Waals surface area contributed by atoms with Gasteiger partial charge in [-0.05, 0) is 47.8 Å². The molecule has 2 aromatic rings. The number of hydrogen-bond donors (Lipinski definition) is 1. The van der Waals surface area contributed by atoms with E-state index >= 15 is 0 Å². The molecule has 0 saturated carbocycles. The molecule has 6 nitrogen and oxygen atoms in total. The zero-order valence-electron chi connectivity index (χ0n) is 16.6. The molecule has 1 atom stereocenters. The van der Waals surface area contributed by atoms with Crippen LogP contribution in [-0.2, 0) is 0 Å². The van der Waals surface area contributed by atoms with Crippen LogP contribution < -0.4 is 19.5 Å². The first-order chi connectivity index (χ1) is 13.1. The van der Waals surface area contributed by atoms with Crippen molar-refractivity contribution in [2.45, 2.75) is 46.1 Å². The van der Waals surface area contributed by atoms with E-state index in [1.54, 1.807) is 7.11 Å². The van der Waals surface area contributed by atoms with Crippen LogP contribution >= 0.6 is 15.9 Å². The second-order valence-electron chi connectivity index (χ2n) is 6.00. The van der Waals surface area contributed by atoms with E-state index in [1.165, 1.54) is 0 Å². The molecule has 1 unspecified atom stereocenters. The monoisotopic (exact) mass is 437 g/mol. The predicted octanol–water partition coefficient (Wildman–Crippen LogP) is 5.31. The predicted molar refractivity (Wildman–Crippen MR) is 112 cm³/mol. The lowest BCUT2D eigenvalue weighted by Gasteiger charge is -2.19. The van der Waals surface area contributed by atoms with Crippen molar-refractivity contribution < 1.29 is 14.2 Å². The Morgan fingerprint density at radius 2 is 1.96 bits per heavy atom. The van der Waals surface area contributed by atoms with E-state index in [9.17, 15) is 0 Å². The molecule has 0 aliphatic rings. The van der Waals surface area contributed by atoms with Gasteiger partial charge in [0.05, 0.1) is 13.7 Å². The Labute approximate surface area is 169 Å². The minimum atomic E-state index is 0.120. The zero-order chi connectivity index (χ0) is 19.8. The van der Waals surface area contributed by atoms with Crippen LogP contribution in [0.3, 0.4) is 0 Å². The van der Waals surface area contributed by atoms with Crippen LogP contribution in [0.4, 0.5) is 5.82 Å². The number of methoxy groups -OCH3 is 1. The van der Waals surface area contributed by atoms with Crippen LogP contribution in [0.15, 0.2) is 22.8 Å². The summed E-state index contributed by atoms with van der Waals surface area (Å²) >= 11 is 3.54. The van der Waals surface area contributed by atoms with Crippen molar-refractivity contribution in [3.63, 3.8) is 0 Å². The normalized spacial score (nSPS) is 11.8. The van der Waals surface area contributed by atoms with Gasteiger partial charge in [0, 0.05) is 18.7 Å². The molecule has 0 saturated heterocycles. The summed E-state index contributed by atoms with van der Waals surface area (Å²) in [4.78, 5) is 9.33. The Hall–Kier alpha value is -2.02. The van der Waals surface area contributed by atoms with Crippen molar-refractivity contribution in [1.82, 2.24) is 9.97 Å². The number of nitrogens with zero attached hydrogens (tertiary/aromatic N) is 2. The topological polar surface area (TPSA) is 65.5 Å². The number of anilines is 1. The summed E-state index contributed by atoms with van der Waals surface area (Å²) in [6, 6.07) is 5.67. The van der Waals surface area contributed by atoms with Gasteiger partial charge in [0.2, 0.25) is 0 Å². The number of rotatable bonds is 10. The molecule has 0 bridgehead atoms. The summed E-state index contributed by atoms with van der Waals surface area (Å²) in [7, 11) is 3.44. The first-order valence-corrected chi connectivity index (χ1v) is 10.1. The van der Waals surface area contributed by atoms with Crippen molar-refractivity contribution >= 4 is 21.7 Å². The number of benzene rings is 1. The quantitative estimate of drug-likeness (QED) is 0.542. The number of aromatic nitrogens is 2. The summed E-state index contributed by atoms with van der Waals surface area (Å²) in [5.74, 6) is 2.52. The molecule has 7 heteroatoms. The van der Waals surface area contributed by atoms with Crippen LogP contribution in [0.25, 0.3) is 11.3 Å². The van der Waals surface area contributed by atoms with E-state index in [-0.39, 0.29) is 6.10 Å². The van der Waals surface area contributed by atoms with Crippen LogP contribution in [0.1, 0.15) is 40.0 Å². The van der Waals surface area contributed by atoms with Gasteiger partial charge in [0.25, 0.3) is 5.88 Å². The fourth-order valence-electron chi connectivity index (χ4n) is 2.77. The first kappa shape index (κ1) is 21.3. The standard InChI is InChI=1S/C20H28BrN3O3/c1-6-9-13(7-2)27-20-19(22-4)23-17(18(21)24-20)15-11-10-14(26-8-3)12-16(15)25-5/h10-13H,6-9H2,1-5H3,(H,22,23). The van der Waals surface area contributed by atoms with Gasteiger partial charge in [0.1, 0.15) is 27.9 Å². The van der Waals surface area contributed by atoms with Gasteiger partial charge in [-0.15, -0.1) is 0 Å². The summed E-state index contributed by atoms with van der Waals surface area (Å²) in [6.45, 7) is 6.80. The van der Waals surface area contributed by atoms with Gasteiger partial charge in [-0.2, -0.15) is 0 Å². The average Bonchev–Trinajstić information content (AvgIpc) is 2.68. The third-order valence-corrected chi connectivity index (χ3v) is 4.69. The Morgan fingerprint density at radius 3 is 2.56 bits per heavy atom. The molecule has 2 rings (SSSR count). The smallest absolute Gasteiger partial charge is 0.258 e. The maximum absolute atomic E-state index is 6.09. The van der Waals surface area contributed by atoms with Crippen LogP contribution in [0.5, 0.6) is 17.4 Å². The Morgan fingerprint density at radius 1 is 1.19 bits per heavy atom. The minimum absolute atomic E-state index is 0.120. The Kier molecular flexibility index (Phi) is 8.16. The van der Waals surface area contributed by atoms with E-state index in [2.05, 4.69) is 40.1 Å². The van der Waals surface area contributed by atoms with Crippen LogP contribution in [-0.4, -0.2) is 36.8 Å². The Bertz CT molecular complexity index is 755. The van der Waals surface area contributed by atoms with Gasteiger partial charge >= 0.3 is 0 Å². The van der Waals surface area contributed by atoms with Crippen molar-refractivity contribution in [3.05, 3.63) is 22.8 Å². The molecule has 0 aliphatic heterocycles. The number of halogens is 1. The van der Waals surface area contributed by atoms with E-state index in [4.69, 9.17) is 19.2 Å². The molecule has 1 aromatic heterocycles. The lowest BCUT2D eigenvalue weighted by atomic mass is 10.1. The molecule has 0 radical (unpaired) electrons. The lowest BCUT2D eigenvalue weighted by molar-refractivity contribution is 0.178. The van der Waals surface area contributed by atoms with E-state index in [0.717, 1.165) is 30.6 Å². The minimum Gasteiger partial charge on any atom is -0.496 e. The van der Waals surface area contributed by atoms with Crippen LogP contribution in [0, 0.1) is 0 Å². The van der Waals surface area contributed by atoms with E-state index in [1.807, 2.05) is 32.2 Å². The summed E-state index contributed by atoms with van der Waals surface area (Å²) in [5, 5.41) is 3.09. The number of nitrogens with one attached hydrogen (secondary N) is 1. The molecule has 1 N–H and O–H groups in total. The molecular weight excluding hydrogens is 410 g/mol. The fraction of sp³-hybridized carbons (Fsp3) is 0.500. The van der Waals surface area contributed by atoms with Gasteiger partial charge in [-0.25, -0.2) is 9.97 Å². The second kappa shape index (κ2) is 10.3. The fourth-order valence-corrected chi connectivity index (χ4v) is 3.23. The van der Waals surface area contributed by atoms with Gasteiger partial charge in [-0.1, -0.05) is 20.3 Å². The summed E-state index contributed by atoms with van der Waals surface area (Å²) in [6.07, 6.45) is 3.08. The molecule has 0 fully saturated rings. The van der Waals surface area contributed by atoms with Gasteiger partial charge in [0.15, 0.2) is 5.82 Å². The Balaban J connectivity index is 2.44. The van der Waals surface area contributed by atoms with E-state index < -0.39 is 0 Å². The SMILES string of the molecule is CCCC(CC)Oc1nc(Br)c(-c2ccc(OCC)cc2OC)nc1NC. The van der Waals surface area contributed by atoms with Crippen molar-refractivity contribution in [2.24, 2.45) is 0 Å². The molecule has 27 heavy (non-hydrogen) atoms. The zero-order valence-corrected chi connectivity index (χ0v) is 18.2. The molecule has 0 amide bonds. The molecular formula is C20H28BrN3O3. The number of hydrogen-bond acceptors (Lipinski definition) is 6. The lowest BCUT2D eigenvalue weighted by Crippen LogP contribution is -2.17. The highest BCUT2D eigenvalue weighted by Crippen LogP contribution is 2.38. The van der Waals surface area contributed by atoms with Gasteiger partial charge in [-0.3, -0.25) is 0 Å². The van der Waals surface area contributed by atoms with Crippen molar-refractivity contribution in [3.8, 4) is 28.6 Å². The maximum Gasteiger partial charge on any atom is 0.258 e. The van der Waals surface area contributed by atoms with Crippen molar-refractivity contribution in [2.75, 3.05) is 26.1 Å². The second-order valence-corrected chi connectivity index (χ2v) is 6.75. The number of ether oxygens (including phenoxy) is 3. The first-order valence-electron chi connectivity index (χ1n) is 9.30. The highest BCUT2D eigenvalue weighted by Gasteiger charge is 2.19. The highest BCUT2D eigenvalue weighted by molar-refractivity contribution is 9.10. The molecule has 148 valence electrons. The summed E-state index contributed by atoms with van der Waals surface area (Å²) in [5.41, 5.74) is 1.50. The molecule has 1 aromatic carbocycles. The van der Waals surface area contributed by atoms with Crippen LogP contribution in [0.2, 0.25) is 0 Å². The summed E-state index contributed by atoms with van der Waals surface area (Å²) < 4.78 is 17.8. The largest absolute Gasteiger partial charge is 0.496 e. The van der Waals surface area contributed by atoms with Gasteiger partial charge < -0.3 is 19.5 Å². The molecule has 1 heterocycles. The molecule has 0 aliphatic carbocycles. The highest BCUT2D eigenvalue weighted by atomic mass is 79.9. The van der Waals surface area contributed by atoms with E-state index in [0.29, 0.717) is 34.4 Å².